The summed E-state index contributed by atoms with van der Waals surface area (Å²) in [5.41, 5.74) is 1.97. The first-order chi connectivity index (χ1) is 8.81. The summed E-state index contributed by atoms with van der Waals surface area (Å²) >= 11 is 0. The van der Waals surface area contributed by atoms with Crippen molar-refractivity contribution in [2.24, 2.45) is 5.41 Å². The lowest BCUT2D eigenvalue weighted by Crippen LogP contribution is -2.40. The second-order valence-corrected chi connectivity index (χ2v) is 5.71. The molecule has 0 atom stereocenters. The number of H-pyrrole nitrogens is 1. The van der Waals surface area contributed by atoms with Crippen molar-refractivity contribution < 1.29 is 15.0 Å². The van der Waals surface area contributed by atoms with Gasteiger partial charge in [0.2, 0.25) is 0 Å². The highest BCUT2D eigenvalue weighted by atomic mass is 16.3. The van der Waals surface area contributed by atoms with Crippen LogP contribution in [0.4, 0.5) is 0 Å². The van der Waals surface area contributed by atoms with Crippen LogP contribution in [0, 0.1) is 19.3 Å². The van der Waals surface area contributed by atoms with Gasteiger partial charge in [0.15, 0.2) is 5.78 Å². The molecule has 0 unspecified atom stereocenters. The van der Waals surface area contributed by atoms with Gasteiger partial charge >= 0.3 is 0 Å². The molecule has 1 rings (SSSR count). The summed E-state index contributed by atoms with van der Waals surface area (Å²) in [5, 5.41) is 18.5. The molecule has 0 saturated heterocycles. The van der Waals surface area contributed by atoms with E-state index in [0.29, 0.717) is 12.1 Å². The molecule has 3 N–H and O–H groups in total. The molecule has 19 heavy (non-hydrogen) atoms. The first kappa shape index (κ1) is 15.9. The number of rotatable bonds is 7. The number of Topliss-reactive ketones (excluding diaryl/α,β-unsaturated/α-hetero) is 1. The number of ketones is 1. The monoisotopic (exact) mass is 268 g/mol. The molecule has 0 spiro atoms. The van der Waals surface area contributed by atoms with Crippen molar-refractivity contribution in [3.63, 3.8) is 0 Å². The Balaban J connectivity index is 2.65. The van der Waals surface area contributed by atoms with Crippen LogP contribution in [0.5, 0.6) is 0 Å². The van der Waals surface area contributed by atoms with Crippen LogP contribution in [0.3, 0.4) is 0 Å². The van der Waals surface area contributed by atoms with Gasteiger partial charge in [-0.05, 0) is 27.0 Å². The van der Waals surface area contributed by atoms with E-state index < -0.39 is 5.41 Å². The Morgan fingerprint density at radius 3 is 2.37 bits per heavy atom. The van der Waals surface area contributed by atoms with Crippen molar-refractivity contribution in [3.8, 4) is 0 Å². The van der Waals surface area contributed by atoms with Gasteiger partial charge in [-0.2, -0.15) is 0 Å². The van der Waals surface area contributed by atoms with E-state index in [1.807, 2.05) is 31.9 Å². The highest BCUT2D eigenvalue weighted by molar-refractivity contribution is 5.98. The number of carbonyl (C=O) groups is 1. The standard InChI is InChI=1S/C14H24N2O3/c1-10-5-12(11(2)15-10)13(19)6-16(4)7-14(3,8-17)9-18/h5,15,17-18H,6-9H2,1-4H3. The molecule has 0 aliphatic carbocycles. The number of hydrogen-bond acceptors (Lipinski definition) is 4. The molecule has 0 saturated carbocycles. The first-order valence-corrected chi connectivity index (χ1v) is 6.41. The SMILES string of the molecule is Cc1cc(C(=O)CN(C)CC(C)(CO)CO)c(C)[nH]1. The normalized spacial score (nSPS) is 12.2. The quantitative estimate of drug-likeness (QED) is 0.637. The molecule has 0 fully saturated rings. The van der Waals surface area contributed by atoms with E-state index in [1.165, 1.54) is 0 Å². The molecular weight excluding hydrogens is 244 g/mol. The molecule has 0 aromatic carbocycles. The van der Waals surface area contributed by atoms with Crippen molar-refractivity contribution in [1.29, 1.82) is 0 Å². The maximum Gasteiger partial charge on any atom is 0.178 e. The Morgan fingerprint density at radius 2 is 1.95 bits per heavy atom. The Morgan fingerprint density at radius 1 is 1.37 bits per heavy atom. The summed E-state index contributed by atoms with van der Waals surface area (Å²) in [7, 11) is 1.82. The van der Waals surface area contributed by atoms with Gasteiger partial charge in [-0.1, -0.05) is 6.92 Å². The van der Waals surface area contributed by atoms with Crippen molar-refractivity contribution in [2.45, 2.75) is 20.8 Å². The summed E-state index contributed by atoms with van der Waals surface area (Å²) < 4.78 is 0. The molecule has 0 aliphatic rings. The second kappa shape index (κ2) is 6.32. The van der Waals surface area contributed by atoms with E-state index in [2.05, 4.69) is 4.98 Å². The summed E-state index contributed by atoms with van der Waals surface area (Å²) in [6, 6.07) is 1.85. The van der Waals surface area contributed by atoms with E-state index in [0.717, 1.165) is 11.4 Å². The smallest absolute Gasteiger partial charge is 0.178 e. The predicted molar refractivity (Wildman–Crippen MR) is 74.4 cm³/mol. The lowest BCUT2D eigenvalue weighted by atomic mass is 9.92. The third kappa shape index (κ3) is 4.16. The molecule has 0 aliphatic heterocycles. The first-order valence-electron chi connectivity index (χ1n) is 6.41. The molecule has 108 valence electrons. The lowest BCUT2D eigenvalue weighted by Gasteiger charge is -2.29. The van der Waals surface area contributed by atoms with Crippen LogP contribution >= 0.6 is 0 Å². The van der Waals surface area contributed by atoms with E-state index in [1.54, 1.807) is 6.92 Å². The van der Waals surface area contributed by atoms with Crippen molar-refractivity contribution in [3.05, 3.63) is 23.0 Å². The molecule has 0 bridgehead atoms. The molecule has 0 radical (unpaired) electrons. The molecule has 0 amide bonds. The largest absolute Gasteiger partial charge is 0.396 e. The Labute approximate surface area is 114 Å². The van der Waals surface area contributed by atoms with Gasteiger partial charge in [-0.3, -0.25) is 9.69 Å². The molecule has 1 aromatic heterocycles. The minimum absolute atomic E-state index is 0.0441. The summed E-state index contributed by atoms with van der Waals surface area (Å²) in [5.74, 6) is 0.0441. The van der Waals surface area contributed by atoms with Gasteiger partial charge in [0.25, 0.3) is 0 Å². The van der Waals surface area contributed by atoms with Gasteiger partial charge in [-0.15, -0.1) is 0 Å². The number of aliphatic hydroxyl groups is 2. The Hall–Kier alpha value is -1.17. The molecule has 5 heteroatoms. The van der Waals surface area contributed by atoms with Gasteiger partial charge in [0.1, 0.15) is 0 Å². The molecule has 5 nitrogen and oxygen atoms in total. The maximum atomic E-state index is 12.2. The van der Waals surface area contributed by atoms with Crippen LogP contribution in [0.15, 0.2) is 6.07 Å². The second-order valence-electron chi connectivity index (χ2n) is 5.71. The topological polar surface area (TPSA) is 76.6 Å². The zero-order valence-corrected chi connectivity index (χ0v) is 12.2. The van der Waals surface area contributed by atoms with Crippen LogP contribution in [-0.4, -0.2) is 59.2 Å². The van der Waals surface area contributed by atoms with Crippen LogP contribution in [-0.2, 0) is 0 Å². The Kier molecular flexibility index (Phi) is 5.29. The minimum Gasteiger partial charge on any atom is -0.396 e. The van der Waals surface area contributed by atoms with Crippen LogP contribution < -0.4 is 0 Å². The number of aliphatic hydroxyl groups excluding tert-OH is 2. The fraction of sp³-hybridized carbons (Fsp3) is 0.643. The lowest BCUT2D eigenvalue weighted by molar-refractivity contribution is 0.0411. The van der Waals surface area contributed by atoms with Gasteiger partial charge in [-0.25, -0.2) is 0 Å². The zero-order valence-electron chi connectivity index (χ0n) is 12.2. The van der Waals surface area contributed by atoms with E-state index in [4.69, 9.17) is 0 Å². The fourth-order valence-corrected chi connectivity index (χ4v) is 2.20. The average Bonchev–Trinajstić information content (AvgIpc) is 2.68. The predicted octanol–water partition coefficient (Wildman–Crippen LogP) is 0.737. The Bertz CT molecular complexity index is 436. The van der Waals surface area contributed by atoms with Crippen LogP contribution in [0.1, 0.15) is 28.7 Å². The number of hydrogen-bond donors (Lipinski definition) is 3. The van der Waals surface area contributed by atoms with Crippen molar-refractivity contribution in [1.82, 2.24) is 9.88 Å². The third-order valence-corrected chi connectivity index (χ3v) is 3.28. The molecule has 1 aromatic rings. The van der Waals surface area contributed by atoms with E-state index in [9.17, 15) is 15.0 Å². The van der Waals surface area contributed by atoms with Gasteiger partial charge in [0, 0.05) is 28.9 Å². The van der Waals surface area contributed by atoms with E-state index in [-0.39, 0.29) is 25.5 Å². The van der Waals surface area contributed by atoms with Gasteiger partial charge in [0.05, 0.1) is 19.8 Å². The van der Waals surface area contributed by atoms with E-state index >= 15 is 0 Å². The summed E-state index contributed by atoms with van der Waals surface area (Å²) in [6.07, 6.45) is 0. The number of aryl methyl sites for hydroxylation is 2. The summed E-state index contributed by atoms with van der Waals surface area (Å²) in [6.45, 7) is 6.12. The molecule has 1 heterocycles. The zero-order chi connectivity index (χ0) is 14.6. The highest BCUT2D eigenvalue weighted by Gasteiger charge is 2.25. The minimum atomic E-state index is -0.585. The summed E-state index contributed by atoms with van der Waals surface area (Å²) in [4.78, 5) is 17.1. The number of carbonyl (C=O) groups excluding carboxylic acids is 1. The van der Waals surface area contributed by atoms with Gasteiger partial charge < -0.3 is 15.2 Å². The average molecular weight is 268 g/mol. The number of likely N-dealkylation sites (N-methyl/N-ethyl adjacent to an activating group) is 1. The number of nitrogens with one attached hydrogen (secondary N) is 1. The fourth-order valence-electron chi connectivity index (χ4n) is 2.20. The highest BCUT2D eigenvalue weighted by Crippen LogP contribution is 2.16. The van der Waals surface area contributed by atoms with Crippen molar-refractivity contribution >= 4 is 5.78 Å². The number of aromatic amines is 1. The molecular formula is C14H24N2O3. The van der Waals surface area contributed by atoms with Crippen LogP contribution in [0.25, 0.3) is 0 Å². The number of nitrogens with zero attached hydrogens (tertiary/aromatic N) is 1. The van der Waals surface area contributed by atoms with Crippen molar-refractivity contribution in [2.75, 3.05) is 33.4 Å². The van der Waals surface area contributed by atoms with Crippen LogP contribution in [0.2, 0.25) is 0 Å². The number of aromatic nitrogens is 1. The maximum absolute atomic E-state index is 12.2. The third-order valence-electron chi connectivity index (χ3n) is 3.28.